The summed E-state index contributed by atoms with van der Waals surface area (Å²) in [6.07, 6.45) is 8.04. The number of ether oxygens (including phenoxy) is 1. The van der Waals surface area contributed by atoms with Crippen molar-refractivity contribution in [3.05, 3.63) is 16.0 Å². The van der Waals surface area contributed by atoms with Crippen molar-refractivity contribution in [2.75, 3.05) is 11.9 Å². The van der Waals surface area contributed by atoms with Crippen LogP contribution in [0.5, 0.6) is 0 Å². The summed E-state index contributed by atoms with van der Waals surface area (Å²) in [5.41, 5.74) is 6.48. The Hall–Kier alpha value is -2.42. The van der Waals surface area contributed by atoms with Crippen LogP contribution in [0.3, 0.4) is 0 Å². The van der Waals surface area contributed by atoms with E-state index in [4.69, 9.17) is 10.5 Å². The van der Waals surface area contributed by atoms with Crippen LogP contribution in [0.4, 0.5) is 5.00 Å². The number of amides is 3. The van der Waals surface area contributed by atoms with Crippen LogP contribution >= 0.6 is 11.3 Å². The maximum absolute atomic E-state index is 13.0. The molecule has 8 nitrogen and oxygen atoms in total. The molecule has 4 N–H and O–H groups in total. The van der Waals surface area contributed by atoms with E-state index in [0.29, 0.717) is 28.3 Å². The van der Waals surface area contributed by atoms with Gasteiger partial charge >= 0.3 is 5.97 Å². The van der Waals surface area contributed by atoms with Crippen LogP contribution in [0.1, 0.15) is 72.7 Å². The van der Waals surface area contributed by atoms with Crippen LogP contribution in [0.25, 0.3) is 0 Å². The number of rotatable bonds is 7. The van der Waals surface area contributed by atoms with Gasteiger partial charge in [-0.05, 0) is 88.0 Å². The molecule has 6 rings (SSSR count). The number of esters is 1. The molecule has 1 heterocycles. The van der Waals surface area contributed by atoms with Gasteiger partial charge in [-0.25, -0.2) is 0 Å². The molecule has 0 aliphatic heterocycles. The molecule has 1 unspecified atom stereocenters. The number of anilines is 1. The Kier molecular flexibility index (Phi) is 5.71. The third kappa shape index (κ3) is 4.16. The van der Waals surface area contributed by atoms with Crippen molar-refractivity contribution in [1.82, 2.24) is 5.32 Å². The number of thiophene rings is 1. The lowest BCUT2D eigenvalue weighted by Gasteiger charge is -2.55. The Morgan fingerprint density at radius 3 is 2.33 bits per heavy atom. The van der Waals surface area contributed by atoms with Gasteiger partial charge < -0.3 is 21.1 Å². The van der Waals surface area contributed by atoms with Gasteiger partial charge in [0.2, 0.25) is 5.91 Å². The van der Waals surface area contributed by atoms with Gasteiger partial charge in [0, 0.05) is 10.3 Å². The summed E-state index contributed by atoms with van der Waals surface area (Å²) in [5, 5.41) is 5.89. The molecule has 0 radical (unpaired) electrons. The van der Waals surface area contributed by atoms with Crippen molar-refractivity contribution in [3.63, 3.8) is 0 Å². The predicted octanol–water partition coefficient (Wildman–Crippen LogP) is 2.54. The van der Waals surface area contributed by atoms with Crippen LogP contribution in [0, 0.1) is 23.2 Å². The van der Waals surface area contributed by atoms with Crippen molar-refractivity contribution in [2.24, 2.45) is 28.9 Å². The summed E-state index contributed by atoms with van der Waals surface area (Å²) in [6.45, 7) is 1.22. The van der Waals surface area contributed by atoms with Crippen LogP contribution in [0.2, 0.25) is 0 Å². The Morgan fingerprint density at radius 1 is 1.09 bits per heavy atom. The minimum Gasteiger partial charge on any atom is -0.451 e. The summed E-state index contributed by atoms with van der Waals surface area (Å²) in [7, 11) is 0. The SMILES string of the molecule is CC(OC(=O)CNC(=O)C12CC3CC(CC(C3)C1)C2)C(=O)Nc1sc2c(c1C(N)=O)CCC2. The van der Waals surface area contributed by atoms with Crippen LogP contribution in [-0.2, 0) is 32.0 Å². The number of nitrogens with one attached hydrogen (secondary N) is 2. The van der Waals surface area contributed by atoms with E-state index in [9.17, 15) is 19.2 Å². The predicted molar refractivity (Wildman–Crippen MR) is 123 cm³/mol. The number of carbonyl (C=O) groups is 4. The fraction of sp³-hybridized carbons (Fsp3) is 0.667. The molecular formula is C24H31N3O5S. The van der Waals surface area contributed by atoms with E-state index in [2.05, 4.69) is 10.6 Å². The minimum absolute atomic E-state index is 0.0464. The largest absolute Gasteiger partial charge is 0.451 e. The molecule has 9 heteroatoms. The van der Waals surface area contributed by atoms with Gasteiger partial charge in [-0.3, -0.25) is 19.2 Å². The molecule has 5 aliphatic carbocycles. The summed E-state index contributed by atoms with van der Waals surface area (Å²) in [4.78, 5) is 50.9. The van der Waals surface area contributed by atoms with Gasteiger partial charge in [-0.15, -0.1) is 11.3 Å². The lowest BCUT2D eigenvalue weighted by atomic mass is 9.49. The second-order valence-electron chi connectivity index (χ2n) is 10.4. The molecule has 3 amide bonds. The molecular weight excluding hydrogens is 442 g/mol. The van der Waals surface area contributed by atoms with Crippen LogP contribution in [-0.4, -0.2) is 36.3 Å². The highest BCUT2D eigenvalue weighted by atomic mass is 32.1. The number of fused-ring (bicyclic) bond motifs is 1. The van der Waals surface area contributed by atoms with E-state index in [1.807, 2.05) is 0 Å². The summed E-state index contributed by atoms with van der Waals surface area (Å²) in [6, 6.07) is 0. The smallest absolute Gasteiger partial charge is 0.326 e. The van der Waals surface area contributed by atoms with Crippen LogP contribution in [0.15, 0.2) is 0 Å². The fourth-order valence-corrected chi connectivity index (χ4v) is 8.29. The monoisotopic (exact) mass is 473 g/mol. The maximum Gasteiger partial charge on any atom is 0.326 e. The van der Waals surface area contributed by atoms with Crippen molar-refractivity contribution in [2.45, 2.75) is 70.8 Å². The van der Waals surface area contributed by atoms with E-state index >= 15 is 0 Å². The van der Waals surface area contributed by atoms with Crippen molar-refractivity contribution in [1.29, 1.82) is 0 Å². The Morgan fingerprint density at radius 2 is 1.73 bits per heavy atom. The highest BCUT2D eigenvalue weighted by molar-refractivity contribution is 7.17. The number of primary amides is 1. The number of nitrogens with two attached hydrogens (primary N) is 1. The van der Waals surface area contributed by atoms with Gasteiger partial charge in [-0.1, -0.05) is 0 Å². The molecule has 4 bridgehead atoms. The van der Waals surface area contributed by atoms with E-state index in [0.717, 1.165) is 49.0 Å². The van der Waals surface area contributed by atoms with E-state index < -0.39 is 23.9 Å². The second kappa shape index (κ2) is 8.42. The van der Waals surface area contributed by atoms with Crippen molar-refractivity contribution < 1.29 is 23.9 Å². The third-order valence-corrected chi connectivity index (χ3v) is 9.20. The molecule has 5 aliphatic rings. The first-order valence-corrected chi connectivity index (χ1v) is 12.8. The average Bonchev–Trinajstić information content (AvgIpc) is 3.31. The fourth-order valence-electron chi connectivity index (χ4n) is 6.99. The zero-order chi connectivity index (χ0) is 23.3. The Labute approximate surface area is 197 Å². The molecule has 1 atom stereocenters. The number of hydrogen-bond acceptors (Lipinski definition) is 6. The lowest BCUT2D eigenvalue weighted by molar-refractivity contribution is -0.155. The summed E-state index contributed by atoms with van der Waals surface area (Å²) >= 11 is 1.35. The normalized spacial score (nSPS) is 29.9. The molecule has 4 saturated carbocycles. The number of carbonyl (C=O) groups excluding carboxylic acids is 4. The molecule has 178 valence electrons. The highest BCUT2D eigenvalue weighted by Crippen LogP contribution is 2.60. The maximum atomic E-state index is 13.0. The van der Waals surface area contributed by atoms with Gasteiger partial charge in [-0.2, -0.15) is 0 Å². The average molecular weight is 474 g/mol. The standard InChI is InChI=1S/C24H31N3O5S/c1-12(21(30)27-22-19(20(25)29)16-3-2-4-17(16)33-22)32-18(28)11-26-23(31)24-8-13-5-14(9-24)7-15(6-13)10-24/h12-15H,2-11H2,1H3,(H2,25,29)(H,26,31)(H,27,30). The third-order valence-electron chi connectivity index (χ3n) is 8.00. The van der Waals surface area contributed by atoms with Crippen molar-refractivity contribution >= 4 is 40.0 Å². The number of aryl methyl sites for hydroxylation is 1. The molecule has 0 aromatic carbocycles. The molecule has 1 aromatic heterocycles. The molecule has 1 aromatic rings. The quantitative estimate of drug-likeness (QED) is 0.525. The van der Waals surface area contributed by atoms with Gasteiger partial charge in [0.25, 0.3) is 11.8 Å². The second-order valence-corrected chi connectivity index (χ2v) is 11.5. The molecule has 33 heavy (non-hydrogen) atoms. The van der Waals surface area contributed by atoms with Crippen LogP contribution < -0.4 is 16.4 Å². The molecule has 4 fully saturated rings. The first kappa shape index (κ1) is 22.4. The summed E-state index contributed by atoms with van der Waals surface area (Å²) < 4.78 is 5.25. The van der Waals surface area contributed by atoms with Gasteiger partial charge in [0.05, 0.1) is 5.56 Å². The van der Waals surface area contributed by atoms with Gasteiger partial charge in [0.1, 0.15) is 11.5 Å². The zero-order valence-electron chi connectivity index (χ0n) is 18.9. The van der Waals surface area contributed by atoms with E-state index in [1.165, 1.54) is 37.5 Å². The number of hydrogen-bond donors (Lipinski definition) is 3. The lowest BCUT2D eigenvalue weighted by Crippen LogP contribution is -2.54. The Balaban J connectivity index is 1.14. The summed E-state index contributed by atoms with van der Waals surface area (Å²) in [5.74, 6) is 0.124. The zero-order valence-corrected chi connectivity index (χ0v) is 19.7. The molecule has 0 spiro atoms. The van der Waals surface area contributed by atoms with Crippen molar-refractivity contribution in [3.8, 4) is 0 Å². The first-order chi connectivity index (χ1) is 15.7. The van der Waals surface area contributed by atoms with E-state index in [1.54, 1.807) is 0 Å². The molecule has 0 saturated heterocycles. The Bertz CT molecular complexity index is 981. The highest BCUT2D eigenvalue weighted by Gasteiger charge is 2.54. The topological polar surface area (TPSA) is 128 Å². The van der Waals surface area contributed by atoms with E-state index in [-0.39, 0.29) is 17.9 Å². The van der Waals surface area contributed by atoms with Gasteiger partial charge in [0.15, 0.2) is 6.10 Å². The first-order valence-electron chi connectivity index (χ1n) is 12.0. The minimum atomic E-state index is -1.06.